The number of likely N-dealkylation sites (tertiary alicyclic amines) is 1. The topological polar surface area (TPSA) is 68.8 Å². The second-order valence-electron chi connectivity index (χ2n) is 6.73. The van der Waals surface area contributed by atoms with E-state index >= 15 is 0 Å². The molecule has 0 aliphatic carbocycles. The maximum absolute atomic E-state index is 12.5. The first kappa shape index (κ1) is 17.7. The van der Waals surface area contributed by atoms with E-state index in [1.165, 1.54) is 12.8 Å². The molecule has 0 radical (unpaired) electrons. The van der Waals surface area contributed by atoms with Crippen LogP contribution in [0.1, 0.15) is 25.7 Å². The van der Waals surface area contributed by atoms with Crippen LogP contribution in [0.5, 0.6) is 0 Å². The van der Waals surface area contributed by atoms with E-state index in [-0.39, 0.29) is 11.9 Å². The zero-order valence-corrected chi connectivity index (χ0v) is 14.7. The van der Waals surface area contributed by atoms with Gasteiger partial charge in [0.2, 0.25) is 5.91 Å². The van der Waals surface area contributed by atoms with Crippen molar-refractivity contribution in [2.45, 2.75) is 25.7 Å². The number of carbonyl (C=O) groups is 2. The van der Waals surface area contributed by atoms with Gasteiger partial charge in [-0.1, -0.05) is 12.8 Å². The van der Waals surface area contributed by atoms with Crippen LogP contribution in [0.4, 0.5) is 10.5 Å². The maximum atomic E-state index is 12.5. The highest BCUT2D eigenvalue weighted by atomic mass is 16.2. The molecule has 0 saturated carbocycles. The van der Waals surface area contributed by atoms with Crippen molar-refractivity contribution < 1.29 is 9.59 Å². The number of carbonyl (C=O) groups excluding carboxylic acids is 2. The van der Waals surface area contributed by atoms with E-state index in [0.717, 1.165) is 39.0 Å². The molecule has 3 rings (SSSR count). The maximum Gasteiger partial charge on any atom is 0.321 e. The van der Waals surface area contributed by atoms with Crippen molar-refractivity contribution in [3.8, 4) is 0 Å². The van der Waals surface area contributed by atoms with Gasteiger partial charge in [0.25, 0.3) is 0 Å². The van der Waals surface area contributed by atoms with E-state index in [1.54, 1.807) is 23.4 Å². The van der Waals surface area contributed by atoms with Crippen molar-refractivity contribution in [2.75, 3.05) is 51.1 Å². The molecule has 1 aromatic rings. The van der Waals surface area contributed by atoms with Crippen molar-refractivity contribution in [3.05, 3.63) is 24.5 Å². The number of rotatable bonds is 3. The SMILES string of the molecule is O=C(CN1CCN(C(=O)Nc2cccnc2)CC1)N1CCCCCC1. The molecule has 0 spiro atoms. The molecule has 0 aromatic carbocycles. The smallest absolute Gasteiger partial charge is 0.321 e. The number of aromatic nitrogens is 1. The van der Waals surface area contributed by atoms with Crippen LogP contribution in [-0.4, -0.2) is 77.4 Å². The molecule has 1 N–H and O–H groups in total. The van der Waals surface area contributed by atoms with E-state index in [9.17, 15) is 9.59 Å². The van der Waals surface area contributed by atoms with Gasteiger partial charge in [-0.15, -0.1) is 0 Å². The second kappa shape index (κ2) is 8.80. The Balaban J connectivity index is 1.42. The predicted molar refractivity (Wildman–Crippen MR) is 96.3 cm³/mol. The van der Waals surface area contributed by atoms with Gasteiger partial charge in [0.15, 0.2) is 0 Å². The highest BCUT2D eigenvalue weighted by Gasteiger charge is 2.24. The summed E-state index contributed by atoms with van der Waals surface area (Å²) in [6.45, 7) is 5.01. The Bertz CT molecular complexity index is 564. The van der Waals surface area contributed by atoms with Crippen LogP contribution >= 0.6 is 0 Å². The Morgan fingerprint density at radius 3 is 2.32 bits per heavy atom. The first-order chi connectivity index (χ1) is 12.2. The molecule has 7 heteroatoms. The van der Waals surface area contributed by atoms with Gasteiger partial charge >= 0.3 is 6.03 Å². The van der Waals surface area contributed by atoms with E-state index < -0.39 is 0 Å². The van der Waals surface area contributed by atoms with Crippen molar-refractivity contribution in [1.29, 1.82) is 0 Å². The fraction of sp³-hybridized carbons (Fsp3) is 0.611. The number of piperazine rings is 1. The highest BCUT2D eigenvalue weighted by molar-refractivity contribution is 5.89. The first-order valence-electron chi connectivity index (χ1n) is 9.18. The van der Waals surface area contributed by atoms with Crippen LogP contribution in [0.25, 0.3) is 0 Å². The summed E-state index contributed by atoms with van der Waals surface area (Å²) in [4.78, 5) is 34.7. The van der Waals surface area contributed by atoms with Gasteiger partial charge in [-0.3, -0.25) is 14.7 Å². The number of anilines is 1. The molecule has 0 unspecified atom stereocenters. The van der Waals surface area contributed by atoms with Crippen molar-refractivity contribution >= 4 is 17.6 Å². The monoisotopic (exact) mass is 345 g/mol. The van der Waals surface area contributed by atoms with Gasteiger partial charge in [-0.2, -0.15) is 0 Å². The third kappa shape index (κ3) is 5.16. The number of nitrogens with zero attached hydrogens (tertiary/aromatic N) is 4. The Morgan fingerprint density at radius 2 is 1.68 bits per heavy atom. The van der Waals surface area contributed by atoms with Crippen LogP contribution in [-0.2, 0) is 4.79 Å². The summed E-state index contributed by atoms with van der Waals surface area (Å²) in [6.07, 6.45) is 8.01. The minimum atomic E-state index is -0.105. The van der Waals surface area contributed by atoms with E-state index in [4.69, 9.17) is 0 Å². The van der Waals surface area contributed by atoms with Crippen LogP contribution in [0, 0.1) is 0 Å². The second-order valence-corrected chi connectivity index (χ2v) is 6.73. The molecule has 3 heterocycles. The summed E-state index contributed by atoms with van der Waals surface area (Å²) in [5, 5.41) is 2.86. The van der Waals surface area contributed by atoms with E-state index in [2.05, 4.69) is 15.2 Å². The third-order valence-corrected chi connectivity index (χ3v) is 4.89. The molecule has 7 nitrogen and oxygen atoms in total. The molecule has 0 atom stereocenters. The van der Waals surface area contributed by atoms with Gasteiger partial charge in [0, 0.05) is 45.5 Å². The van der Waals surface area contributed by atoms with Crippen molar-refractivity contribution in [3.63, 3.8) is 0 Å². The normalized spacial score (nSPS) is 19.4. The number of urea groups is 1. The highest BCUT2D eigenvalue weighted by Crippen LogP contribution is 2.11. The van der Waals surface area contributed by atoms with Gasteiger partial charge in [0.05, 0.1) is 18.4 Å². The van der Waals surface area contributed by atoms with Gasteiger partial charge < -0.3 is 15.1 Å². The van der Waals surface area contributed by atoms with Crippen LogP contribution in [0.15, 0.2) is 24.5 Å². The molecule has 2 aliphatic heterocycles. The summed E-state index contributed by atoms with van der Waals surface area (Å²) in [5.74, 6) is 0.232. The summed E-state index contributed by atoms with van der Waals surface area (Å²) in [5.41, 5.74) is 0.700. The average Bonchev–Trinajstić information content (AvgIpc) is 2.92. The fourth-order valence-electron chi connectivity index (χ4n) is 3.36. The summed E-state index contributed by atoms with van der Waals surface area (Å²) >= 11 is 0. The third-order valence-electron chi connectivity index (χ3n) is 4.89. The van der Waals surface area contributed by atoms with Gasteiger partial charge in [-0.25, -0.2) is 4.79 Å². The summed E-state index contributed by atoms with van der Waals surface area (Å²) < 4.78 is 0. The molecule has 136 valence electrons. The Hall–Kier alpha value is -2.15. The van der Waals surface area contributed by atoms with E-state index in [1.807, 2.05) is 11.0 Å². The molecule has 2 saturated heterocycles. The van der Waals surface area contributed by atoms with Gasteiger partial charge in [-0.05, 0) is 25.0 Å². The Morgan fingerprint density at radius 1 is 0.960 bits per heavy atom. The lowest BCUT2D eigenvalue weighted by atomic mass is 10.2. The molecule has 2 aliphatic rings. The Labute approximate surface area is 149 Å². The molecular formula is C18H27N5O2. The zero-order valence-electron chi connectivity index (χ0n) is 14.7. The largest absolute Gasteiger partial charge is 0.342 e. The van der Waals surface area contributed by atoms with E-state index in [0.29, 0.717) is 25.3 Å². The number of nitrogens with one attached hydrogen (secondary N) is 1. The molecule has 25 heavy (non-hydrogen) atoms. The molecule has 3 amide bonds. The standard InChI is InChI=1S/C18H27N5O2/c24-17(22-8-3-1-2-4-9-22)15-21-10-12-23(13-11-21)18(25)20-16-6-5-7-19-14-16/h5-7,14H,1-4,8-13,15H2,(H,20,25). The van der Waals surface area contributed by atoms with Crippen LogP contribution in [0.3, 0.4) is 0 Å². The Kier molecular flexibility index (Phi) is 6.22. The number of amides is 3. The number of pyridine rings is 1. The number of hydrogen-bond acceptors (Lipinski definition) is 4. The average molecular weight is 345 g/mol. The molecule has 0 bridgehead atoms. The minimum absolute atomic E-state index is 0.105. The van der Waals surface area contributed by atoms with Gasteiger partial charge in [0.1, 0.15) is 0 Å². The fourth-order valence-corrected chi connectivity index (χ4v) is 3.36. The quantitative estimate of drug-likeness (QED) is 0.904. The first-order valence-corrected chi connectivity index (χ1v) is 9.18. The lowest BCUT2D eigenvalue weighted by Gasteiger charge is -2.35. The van der Waals surface area contributed by atoms with Crippen LogP contribution < -0.4 is 5.32 Å². The molecule has 1 aromatic heterocycles. The summed E-state index contributed by atoms with van der Waals surface area (Å²) in [7, 11) is 0. The predicted octanol–water partition coefficient (Wildman–Crippen LogP) is 1.63. The lowest BCUT2D eigenvalue weighted by molar-refractivity contribution is -0.132. The van der Waals surface area contributed by atoms with Crippen LogP contribution in [0.2, 0.25) is 0 Å². The minimum Gasteiger partial charge on any atom is -0.342 e. The molecular weight excluding hydrogens is 318 g/mol. The zero-order chi connectivity index (χ0) is 17.5. The number of hydrogen-bond donors (Lipinski definition) is 1. The summed E-state index contributed by atoms with van der Waals surface area (Å²) in [6, 6.07) is 3.51. The van der Waals surface area contributed by atoms with Crippen molar-refractivity contribution in [1.82, 2.24) is 19.7 Å². The van der Waals surface area contributed by atoms with Crippen molar-refractivity contribution in [2.24, 2.45) is 0 Å². The molecule has 2 fully saturated rings. The lowest BCUT2D eigenvalue weighted by Crippen LogP contribution is -2.52.